The van der Waals surface area contributed by atoms with Gasteiger partial charge in [0.2, 0.25) is 0 Å². The van der Waals surface area contributed by atoms with Crippen LogP contribution in [0.3, 0.4) is 0 Å². The Morgan fingerprint density at radius 1 is 0.683 bits per heavy atom. The zero-order chi connectivity index (χ0) is 27.9. The molecule has 0 fully saturated rings. The van der Waals surface area contributed by atoms with Gasteiger partial charge in [-0.25, -0.2) is 0 Å². The Kier molecular flexibility index (Phi) is 6.49. The molecule has 2 heteroatoms. The molecule has 0 aliphatic heterocycles. The van der Waals surface area contributed by atoms with Crippen molar-refractivity contribution in [1.29, 1.82) is 0 Å². The van der Waals surface area contributed by atoms with Crippen LogP contribution in [0.1, 0.15) is 40.4 Å². The van der Waals surface area contributed by atoms with E-state index in [1.807, 2.05) is 35.6 Å². The van der Waals surface area contributed by atoms with Crippen molar-refractivity contribution in [2.45, 2.75) is 20.3 Å². The summed E-state index contributed by atoms with van der Waals surface area (Å²) in [6.07, 6.45) is 7.73. The number of thiophene rings is 1. The second-order valence-electron chi connectivity index (χ2n) is 10.9. The molecule has 41 heavy (non-hydrogen) atoms. The van der Waals surface area contributed by atoms with Gasteiger partial charge in [-0.2, -0.15) is 0 Å². The SMILES string of the molecule is Cc1c(C2=CC=CCC2C)cccc1-c1ccc(C(=O)c2ccc(-c3cccc4c3sc3ccccc34)cc2)cc1. The van der Waals surface area contributed by atoms with E-state index in [9.17, 15) is 4.79 Å². The van der Waals surface area contributed by atoms with Gasteiger partial charge in [-0.05, 0) is 64.3 Å². The first-order valence-electron chi connectivity index (χ1n) is 14.2. The Balaban J connectivity index is 1.15. The first kappa shape index (κ1) is 25.4. The van der Waals surface area contributed by atoms with E-state index in [-0.39, 0.29) is 5.78 Å². The molecule has 1 atom stereocenters. The molecule has 7 rings (SSSR count). The van der Waals surface area contributed by atoms with Crippen LogP contribution in [0.15, 0.2) is 127 Å². The summed E-state index contributed by atoms with van der Waals surface area (Å²) in [6.45, 7) is 4.50. The number of carbonyl (C=O) groups is 1. The molecular formula is C39H30OS. The Bertz CT molecular complexity index is 1980. The van der Waals surface area contributed by atoms with Gasteiger partial charge in [-0.15, -0.1) is 11.3 Å². The fourth-order valence-corrected chi connectivity index (χ4v) is 7.34. The fourth-order valence-electron chi connectivity index (χ4n) is 6.11. The minimum atomic E-state index is 0.0432. The minimum Gasteiger partial charge on any atom is -0.289 e. The van der Waals surface area contributed by atoms with E-state index in [1.54, 1.807) is 0 Å². The van der Waals surface area contributed by atoms with E-state index in [0.717, 1.165) is 17.5 Å². The predicted molar refractivity (Wildman–Crippen MR) is 176 cm³/mol. The molecule has 1 aromatic heterocycles. The normalized spacial score (nSPS) is 14.9. The summed E-state index contributed by atoms with van der Waals surface area (Å²) < 4.78 is 2.58. The van der Waals surface area contributed by atoms with Crippen LogP contribution in [-0.4, -0.2) is 5.78 Å². The largest absolute Gasteiger partial charge is 0.289 e. The highest BCUT2D eigenvalue weighted by Crippen LogP contribution is 2.40. The van der Waals surface area contributed by atoms with Crippen molar-refractivity contribution in [3.05, 3.63) is 150 Å². The second kappa shape index (κ2) is 10.5. The molecule has 6 aromatic rings. The number of carbonyl (C=O) groups excluding carboxylic acids is 1. The maximum atomic E-state index is 13.4. The van der Waals surface area contributed by atoms with Crippen molar-refractivity contribution in [3.63, 3.8) is 0 Å². The summed E-state index contributed by atoms with van der Waals surface area (Å²) >= 11 is 1.83. The molecule has 1 nitrogen and oxygen atoms in total. The number of allylic oxidation sites excluding steroid dienone is 4. The first-order valence-corrected chi connectivity index (χ1v) is 15.0. The van der Waals surface area contributed by atoms with Gasteiger partial charge >= 0.3 is 0 Å². The van der Waals surface area contributed by atoms with Gasteiger partial charge < -0.3 is 0 Å². The van der Waals surface area contributed by atoms with Gasteiger partial charge in [-0.3, -0.25) is 4.79 Å². The Morgan fingerprint density at radius 3 is 2.02 bits per heavy atom. The molecule has 0 radical (unpaired) electrons. The predicted octanol–water partition coefficient (Wildman–Crippen LogP) is 10.9. The topological polar surface area (TPSA) is 17.1 Å². The third kappa shape index (κ3) is 4.55. The van der Waals surface area contributed by atoms with Crippen LogP contribution < -0.4 is 0 Å². The van der Waals surface area contributed by atoms with Crippen molar-refractivity contribution in [2.75, 3.05) is 0 Å². The van der Waals surface area contributed by atoms with E-state index in [1.165, 1.54) is 48.0 Å². The maximum Gasteiger partial charge on any atom is 0.193 e. The lowest BCUT2D eigenvalue weighted by atomic mass is 9.84. The van der Waals surface area contributed by atoms with Gasteiger partial charge in [0.1, 0.15) is 0 Å². The third-order valence-corrected chi connectivity index (χ3v) is 9.62. The molecule has 5 aromatic carbocycles. The average molecular weight is 547 g/mol. The average Bonchev–Trinajstić information content (AvgIpc) is 3.41. The van der Waals surface area contributed by atoms with Gasteiger partial charge in [0.25, 0.3) is 0 Å². The molecular weight excluding hydrogens is 516 g/mol. The molecule has 1 aliphatic carbocycles. The fraction of sp³-hybridized carbons (Fsp3) is 0.103. The zero-order valence-electron chi connectivity index (χ0n) is 23.2. The molecule has 0 saturated carbocycles. The number of ketones is 1. The quantitative estimate of drug-likeness (QED) is 0.197. The van der Waals surface area contributed by atoms with Crippen LogP contribution in [0.4, 0.5) is 0 Å². The number of rotatable bonds is 5. The molecule has 0 N–H and O–H groups in total. The van der Waals surface area contributed by atoms with E-state index >= 15 is 0 Å². The van der Waals surface area contributed by atoms with Gasteiger partial charge in [0.15, 0.2) is 5.78 Å². The molecule has 1 heterocycles. The lowest BCUT2D eigenvalue weighted by Crippen LogP contribution is -2.03. The molecule has 0 spiro atoms. The molecule has 0 bridgehead atoms. The Labute approximate surface area is 245 Å². The first-order chi connectivity index (χ1) is 20.1. The van der Waals surface area contributed by atoms with Crippen molar-refractivity contribution >= 4 is 42.9 Å². The smallest absolute Gasteiger partial charge is 0.193 e. The summed E-state index contributed by atoms with van der Waals surface area (Å²) in [7, 11) is 0. The van der Waals surface area contributed by atoms with Crippen LogP contribution in [0, 0.1) is 12.8 Å². The van der Waals surface area contributed by atoms with E-state index in [0.29, 0.717) is 17.0 Å². The Hall–Kier alpha value is -4.53. The molecule has 0 saturated heterocycles. The number of benzene rings is 5. The maximum absolute atomic E-state index is 13.4. The highest BCUT2D eigenvalue weighted by atomic mass is 32.1. The highest BCUT2D eigenvalue weighted by molar-refractivity contribution is 7.26. The molecule has 0 amide bonds. The van der Waals surface area contributed by atoms with Crippen LogP contribution in [-0.2, 0) is 0 Å². The third-order valence-electron chi connectivity index (χ3n) is 8.40. The van der Waals surface area contributed by atoms with Crippen molar-refractivity contribution < 1.29 is 4.79 Å². The van der Waals surface area contributed by atoms with Crippen LogP contribution in [0.25, 0.3) is 48.0 Å². The number of hydrogen-bond donors (Lipinski definition) is 0. The van der Waals surface area contributed by atoms with Gasteiger partial charge in [-0.1, -0.05) is 128 Å². The van der Waals surface area contributed by atoms with E-state index in [4.69, 9.17) is 0 Å². The summed E-state index contributed by atoms with van der Waals surface area (Å²) in [5.74, 6) is 0.555. The minimum absolute atomic E-state index is 0.0432. The summed E-state index contributed by atoms with van der Waals surface area (Å²) in [5, 5.41) is 2.58. The van der Waals surface area contributed by atoms with Crippen molar-refractivity contribution in [2.24, 2.45) is 5.92 Å². The van der Waals surface area contributed by atoms with Crippen LogP contribution >= 0.6 is 11.3 Å². The molecule has 1 aliphatic rings. The summed E-state index contributed by atoms with van der Waals surface area (Å²) in [4.78, 5) is 13.4. The standard InChI is InChI=1S/C39H30OS/c1-25-9-3-4-10-31(25)33-13-7-12-32(26(33)2)27-17-21-29(22-18-27)38(40)30-23-19-28(20-24-30)34-14-8-15-36-35-11-5-6-16-37(35)41-39(34)36/h3-8,10-25H,9H2,1-2H3. The molecule has 1 unspecified atom stereocenters. The lowest BCUT2D eigenvalue weighted by molar-refractivity contribution is 0.103. The number of fused-ring (bicyclic) bond motifs is 3. The second-order valence-corrected chi connectivity index (χ2v) is 12.0. The summed E-state index contributed by atoms with van der Waals surface area (Å²) in [6, 6.07) is 37.7. The van der Waals surface area contributed by atoms with E-state index in [2.05, 4.69) is 117 Å². The van der Waals surface area contributed by atoms with E-state index < -0.39 is 0 Å². The van der Waals surface area contributed by atoms with Crippen LogP contribution in [0.2, 0.25) is 0 Å². The van der Waals surface area contributed by atoms with Crippen molar-refractivity contribution in [1.82, 2.24) is 0 Å². The van der Waals surface area contributed by atoms with Crippen molar-refractivity contribution in [3.8, 4) is 22.3 Å². The summed E-state index contributed by atoms with van der Waals surface area (Å²) in [5.41, 5.74) is 10.1. The monoisotopic (exact) mass is 546 g/mol. The van der Waals surface area contributed by atoms with Crippen LogP contribution in [0.5, 0.6) is 0 Å². The lowest BCUT2D eigenvalue weighted by Gasteiger charge is -2.21. The Morgan fingerprint density at radius 2 is 1.29 bits per heavy atom. The highest BCUT2D eigenvalue weighted by Gasteiger charge is 2.17. The zero-order valence-corrected chi connectivity index (χ0v) is 24.0. The number of hydrogen-bond acceptors (Lipinski definition) is 2. The van der Waals surface area contributed by atoms with Gasteiger partial charge in [0.05, 0.1) is 0 Å². The van der Waals surface area contributed by atoms with Gasteiger partial charge in [0, 0.05) is 31.3 Å². The molecule has 198 valence electrons.